The molecular formula is C19H26BrN. The zero-order valence-corrected chi connectivity index (χ0v) is 14.3. The maximum atomic E-state index is 3.78. The van der Waals surface area contributed by atoms with Crippen LogP contribution in [0.2, 0.25) is 0 Å². The lowest BCUT2D eigenvalue weighted by Gasteiger charge is -2.27. The Kier molecular flexibility index (Phi) is 4.10. The van der Waals surface area contributed by atoms with Gasteiger partial charge in [-0.1, -0.05) is 34.5 Å². The van der Waals surface area contributed by atoms with Crippen LogP contribution in [0.3, 0.4) is 0 Å². The van der Waals surface area contributed by atoms with Crippen LogP contribution in [-0.2, 0) is 0 Å². The number of halogens is 1. The van der Waals surface area contributed by atoms with Crippen molar-refractivity contribution in [3.63, 3.8) is 0 Å². The molecule has 4 rings (SSSR count). The van der Waals surface area contributed by atoms with Gasteiger partial charge in [-0.15, -0.1) is 0 Å². The number of hydrogen-bond donors (Lipinski definition) is 1. The normalized spacial score (nSPS) is 32.5. The molecule has 4 unspecified atom stereocenters. The molecule has 114 valence electrons. The molecule has 4 atom stereocenters. The van der Waals surface area contributed by atoms with Crippen molar-refractivity contribution in [2.24, 2.45) is 17.8 Å². The third-order valence-electron chi connectivity index (χ3n) is 6.04. The van der Waals surface area contributed by atoms with Crippen LogP contribution in [0.5, 0.6) is 0 Å². The minimum Gasteiger partial charge on any atom is -0.313 e. The highest BCUT2D eigenvalue weighted by molar-refractivity contribution is 9.10. The summed E-state index contributed by atoms with van der Waals surface area (Å²) in [6.45, 7) is 1.18. The highest BCUT2D eigenvalue weighted by atomic mass is 79.9. The second kappa shape index (κ2) is 6.04. The third-order valence-corrected chi connectivity index (χ3v) is 6.57. The smallest absolute Gasteiger partial charge is 0.0175 e. The fourth-order valence-corrected chi connectivity index (χ4v) is 4.96. The number of rotatable bonds is 6. The Morgan fingerprint density at radius 1 is 1.05 bits per heavy atom. The molecule has 0 radical (unpaired) electrons. The van der Waals surface area contributed by atoms with E-state index in [0.717, 1.165) is 23.8 Å². The predicted octanol–water partition coefficient (Wildman–Crippen LogP) is 5.11. The minimum atomic E-state index is 0.711. The van der Waals surface area contributed by atoms with Crippen LogP contribution in [0.25, 0.3) is 0 Å². The summed E-state index contributed by atoms with van der Waals surface area (Å²) < 4.78 is 1.19. The number of nitrogens with one attached hydrogen (secondary N) is 1. The second-order valence-electron chi connectivity index (χ2n) is 7.60. The lowest BCUT2D eigenvalue weighted by Crippen LogP contribution is -2.26. The first-order valence-electron chi connectivity index (χ1n) is 8.77. The molecule has 3 aliphatic carbocycles. The van der Waals surface area contributed by atoms with Gasteiger partial charge in [-0.2, -0.15) is 0 Å². The second-order valence-corrected chi connectivity index (χ2v) is 8.52. The van der Waals surface area contributed by atoms with Crippen LogP contribution in [0.15, 0.2) is 28.7 Å². The topological polar surface area (TPSA) is 12.0 Å². The van der Waals surface area contributed by atoms with Gasteiger partial charge in [0.2, 0.25) is 0 Å². The summed E-state index contributed by atoms with van der Waals surface area (Å²) >= 11 is 3.57. The molecule has 0 heterocycles. The van der Waals surface area contributed by atoms with Gasteiger partial charge < -0.3 is 5.32 Å². The largest absolute Gasteiger partial charge is 0.313 e. The first-order valence-corrected chi connectivity index (χ1v) is 9.56. The Morgan fingerprint density at radius 3 is 2.48 bits per heavy atom. The Morgan fingerprint density at radius 2 is 1.86 bits per heavy atom. The van der Waals surface area contributed by atoms with Gasteiger partial charge in [0.25, 0.3) is 0 Å². The Hall–Kier alpha value is -0.340. The summed E-state index contributed by atoms with van der Waals surface area (Å²) in [5.74, 6) is 3.83. The van der Waals surface area contributed by atoms with Crippen LogP contribution in [-0.4, -0.2) is 12.6 Å². The fraction of sp³-hybridized carbons (Fsp3) is 0.684. The molecule has 0 spiro atoms. The first-order chi connectivity index (χ1) is 10.3. The van der Waals surface area contributed by atoms with E-state index in [9.17, 15) is 0 Å². The van der Waals surface area contributed by atoms with Crippen molar-refractivity contribution in [3.8, 4) is 0 Å². The van der Waals surface area contributed by atoms with Gasteiger partial charge >= 0.3 is 0 Å². The fourth-order valence-electron chi connectivity index (χ4n) is 4.70. The number of benzene rings is 1. The summed E-state index contributed by atoms with van der Waals surface area (Å²) in [6, 6.07) is 9.90. The molecule has 1 aromatic rings. The molecule has 0 aliphatic heterocycles. The molecule has 3 aliphatic rings. The Labute approximate surface area is 137 Å². The summed E-state index contributed by atoms with van der Waals surface area (Å²) in [5.41, 5.74) is 1.54. The SMILES string of the molecule is Brc1ccc(C(CNC2CC2)CC2CC3CCC2C3)cc1. The maximum Gasteiger partial charge on any atom is 0.0175 e. The minimum absolute atomic E-state index is 0.711. The van der Waals surface area contributed by atoms with E-state index in [-0.39, 0.29) is 0 Å². The Bertz CT molecular complexity index is 479. The standard InChI is InChI=1S/C19H26BrN/c20-18-5-3-14(4-6-18)17(12-21-19-7-8-19)11-16-10-13-1-2-15(16)9-13/h3-6,13,15-17,19,21H,1-2,7-12H2. The molecular weight excluding hydrogens is 322 g/mol. The predicted molar refractivity (Wildman–Crippen MR) is 91.5 cm³/mol. The van der Waals surface area contributed by atoms with Crippen molar-refractivity contribution in [1.29, 1.82) is 0 Å². The van der Waals surface area contributed by atoms with Crippen molar-refractivity contribution >= 4 is 15.9 Å². The van der Waals surface area contributed by atoms with Gasteiger partial charge in [0.15, 0.2) is 0 Å². The highest BCUT2D eigenvalue weighted by Gasteiger charge is 2.40. The van der Waals surface area contributed by atoms with Crippen molar-refractivity contribution in [1.82, 2.24) is 5.32 Å². The number of hydrogen-bond acceptors (Lipinski definition) is 1. The van der Waals surface area contributed by atoms with Crippen molar-refractivity contribution < 1.29 is 0 Å². The van der Waals surface area contributed by atoms with E-state index < -0.39 is 0 Å². The van der Waals surface area contributed by atoms with Crippen LogP contribution in [0, 0.1) is 17.8 Å². The van der Waals surface area contributed by atoms with E-state index in [0.29, 0.717) is 5.92 Å². The van der Waals surface area contributed by atoms with Gasteiger partial charge in [0.1, 0.15) is 0 Å². The van der Waals surface area contributed by atoms with Crippen molar-refractivity contribution in [2.45, 2.75) is 56.9 Å². The van der Waals surface area contributed by atoms with Crippen LogP contribution in [0.4, 0.5) is 0 Å². The molecule has 1 aromatic carbocycles. The van der Waals surface area contributed by atoms with E-state index in [1.165, 1.54) is 61.5 Å². The van der Waals surface area contributed by atoms with Crippen molar-refractivity contribution in [3.05, 3.63) is 34.3 Å². The average molecular weight is 348 g/mol. The number of fused-ring (bicyclic) bond motifs is 2. The molecule has 2 heteroatoms. The molecule has 3 fully saturated rings. The van der Waals surface area contributed by atoms with Crippen molar-refractivity contribution in [2.75, 3.05) is 6.54 Å². The average Bonchev–Trinajstić information content (AvgIpc) is 3.09. The third kappa shape index (κ3) is 3.37. The molecule has 2 bridgehead atoms. The summed E-state index contributed by atoms with van der Waals surface area (Å²) in [5, 5.41) is 3.78. The lowest BCUT2D eigenvalue weighted by atomic mass is 9.80. The van der Waals surface area contributed by atoms with Crippen LogP contribution < -0.4 is 5.32 Å². The maximum absolute atomic E-state index is 3.78. The van der Waals surface area contributed by atoms with Gasteiger partial charge in [-0.05, 0) is 79.9 Å². The van der Waals surface area contributed by atoms with Gasteiger partial charge in [0, 0.05) is 17.1 Å². The molecule has 1 nitrogen and oxygen atoms in total. The molecule has 1 N–H and O–H groups in total. The lowest BCUT2D eigenvalue weighted by molar-refractivity contribution is 0.291. The van der Waals surface area contributed by atoms with Gasteiger partial charge in [-0.3, -0.25) is 0 Å². The van der Waals surface area contributed by atoms with E-state index in [1.54, 1.807) is 0 Å². The van der Waals surface area contributed by atoms with E-state index in [2.05, 4.69) is 45.5 Å². The molecule has 0 amide bonds. The van der Waals surface area contributed by atoms with Gasteiger partial charge in [-0.25, -0.2) is 0 Å². The summed E-state index contributed by atoms with van der Waals surface area (Å²) in [4.78, 5) is 0. The zero-order valence-electron chi connectivity index (χ0n) is 12.7. The van der Waals surface area contributed by atoms with Crippen LogP contribution in [0.1, 0.15) is 56.4 Å². The molecule has 3 saturated carbocycles. The molecule has 0 saturated heterocycles. The van der Waals surface area contributed by atoms with Crippen LogP contribution >= 0.6 is 15.9 Å². The van der Waals surface area contributed by atoms with E-state index >= 15 is 0 Å². The summed E-state index contributed by atoms with van der Waals surface area (Å²) in [7, 11) is 0. The van der Waals surface area contributed by atoms with Gasteiger partial charge in [0.05, 0.1) is 0 Å². The zero-order chi connectivity index (χ0) is 14.2. The first kappa shape index (κ1) is 14.3. The van der Waals surface area contributed by atoms with E-state index in [1.807, 2.05) is 0 Å². The Balaban J connectivity index is 1.44. The summed E-state index contributed by atoms with van der Waals surface area (Å²) in [6.07, 6.45) is 10.3. The molecule has 0 aromatic heterocycles. The van der Waals surface area contributed by atoms with E-state index in [4.69, 9.17) is 0 Å². The molecule has 21 heavy (non-hydrogen) atoms. The monoisotopic (exact) mass is 347 g/mol. The quantitative estimate of drug-likeness (QED) is 0.753. The highest BCUT2D eigenvalue weighted by Crippen LogP contribution is 2.51.